The van der Waals surface area contributed by atoms with E-state index in [2.05, 4.69) is 5.32 Å². The smallest absolute Gasteiger partial charge is 0.255 e. The number of nitrogens with zero attached hydrogens (tertiary/aromatic N) is 1. The zero-order valence-corrected chi connectivity index (χ0v) is 19.5. The molecule has 0 aliphatic rings. The molecule has 1 amide bonds. The van der Waals surface area contributed by atoms with Crippen molar-refractivity contribution in [3.05, 3.63) is 88.8 Å². The Morgan fingerprint density at radius 3 is 2.34 bits per heavy atom. The molecule has 1 aromatic heterocycles. The van der Waals surface area contributed by atoms with Crippen LogP contribution in [0.15, 0.2) is 77.0 Å². The average molecular weight is 463 g/mol. The summed E-state index contributed by atoms with van der Waals surface area (Å²) in [4.78, 5) is 17.7. The van der Waals surface area contributed by atoms with Crippen molar-refractivity contribution in [3.63, 3.8) is 0 Å². The summed E-state index contributed by atoms with van der Waals surface area (Å²) in [5, 5.41) is 5.90. The first-order valence-electron chi connectivity index (χ1n) is 9.96. The number of anilines is 1. The van der Waals surface area contributed by atoms with Crippen molar-refractivity contribution in [2.75, 3.05) is 11.6 Å². The van der Waals surface area contributed by atoms with Crippen LogP contribution in [0.4, 0.5) is 5.69 Å². The molecule has 3 aromatic carbocycles. The topological polar surface area (TPSA) is 76.1 Å². The van der Waals surface area contributed by atoms with Crippen molar-refractivity contribution < 1.29 is 13.2 Å². The normalized spacial score (nSPS) is 11.3. The summed E-state index contributed by atoms with van der Waals surface area (Å²) < 4.78 is 23.4. The van der Waals surface area contributed by atoms with Gasteiger partial charge in [-0.05, 0) is 55.3 Å². The molecule has 0 unspecified atom stereocenters. The molecule has 0 aliphatic carbocycles. The largest absolute Gasteiger partial charge is 0.322 e. The van der Waals surface area contributed by atoms with E-state index in [1.54, 1.807) is 24.3 Å². The third-order valence-electron chi connectivity index (χ3n) is 5.16. The van der Waals surface area contributed by atoms with E-state index in [1.807, 2.05) is 60.8 Å². The fraction of sp³-hybridized carbons (Fsp3) is 0.120. The highest BCUT2D eigenvalue weighted by Crippen LogP contribution is 2.31. The molecule has 0 spiro atoms. The van der Waals surface area contributed by atoms with Gasteiger partial charge in [0.15, 0.2) is 9.84 Å². The van der Waals surface area contributed by atoms with E-state index in [9.17, 15) is 13.2 Å². The van der Waals surface area contributed by atoms with Crippen LogP contribution in [-0.2, 0) is 9.84 Å². The predicted molar refractivity (Wildman–Crippen MR) is 130 cm³/mol. The summed E-state index contributed by atoms with van der Waals surface area (Å²) in [7, 11) is -3.32. The van der Waals surface area contributed by atoms with Gasteiger partial charge in [-0.3, -0.25) is 4.79 Å². The maximum atomic E-state index is 12.8. The molecule has 7 heteroatoms. The molecule has 0 radical (unpaired) electrons. The summed E-state index contributed by atoms with van der Waals surface area (Å²) in [5.74, 6) is -0.283. The third-order valence-corrected chi connectivity index (χ3v) is 7.16. The Balaban J connectivity index is 1.54. The number of hydrogen-bond acceptors (Lipinski definition) is 5. The molecule has 1 N–H and O–H groups in total. The molecule has 5 nitrogen and oxygen atoms in total. The first-order chi connectivity index (χ1) is 15.2. The minimum Gasteiger partial charge on any atom is -0.322 e. The maximum Gasteiger partial charge on any atom is 0.255 e. The number of carbonyl (C=O) groups excluding carboxylic acids is 1. The summed E-state index contributed by atoms with van der Waals surface area (Å²) in [5.41, 5.74) is 5.70. The molecule has 0 saturated carbocycles. The summed E-state index contributed by atoms with van der Waals surface area (Å²) >= 11 is 1.60. The Kier molecular flexibility index (Phi) is 5.95. The van der Waals surface area contributed by atoms with Crippen LogP contribution >= 0.6 is 11.3 Å². The van der Waals surface area contributed by atoms with E-state index < -0.39 is 9.84 Å². The average Bonchev–Trinajstić information content (AvgIpc) is 3.23. The van der Waals surface area contributed by atoms with Gasteiger partial charge in [-0.2, -0.15) is 0 Å². The minimum absolute atomic E-state index is 0.199. The Morgan fingerprint density at radius 2 is 1.69 bits per heavy atom. The number of nitrogens with one attached hydrogen (secondary N) is 1. The van der Waals surface area contributed by atoms with Crippen LogP contribution in [0.3, 0.4) is 0 Å². The van der Waals surface area contributed by atoms with Crippen LogP contribution in [0.25, 0.3) is 21.8 Å². The van der Waals surface area contributed by atoms with Gasteiger partial charge in [0.05, 0.1) is 10.6 Å². The summed E-state index contributed by atoms with van der Waals surface area (Å²) in [6, 6.07) is 20.3. The number of aryl methyl sites for hydroxylation is 2. The van der Waals surface area contributed by atoms with E-state index in [0.29, 0.717) is 16.8 Å². The van der Waals surface area contributed by atoms with Gasteiger partial charge in [-0.25, -0.2) is 13.4 Å². The zero-order valence-electron chi connectivity index (χ0n) is 17.9. The molecule has 0 saturated heterocycles. The van der Waals surface area contributed by atoms with Crippen LogP contribution in [0, 0.1) is 13.8 Å². The molecular formula is C25H22N2O3S2. The lowest BCUT2D eigenvalue weighted by atomic mass is 10.0. The number of rotatable bonds is 5. The van der Waals surface area contributed by atoms with Crippen molar-refractivity contribution in [3.8, 4) is 21.8 Å². The Bertz CT molecular complexity index is 1410. The molecular weight excluding hydrogens is 440 g/mol. The second-order valence-corrected chi connectivity index (χ2v) is 10.5. The monoisotopic (exact) mass is 462 g/mol. The van der Waals surface area contributed by atoms with E-state index in [1.165, 1.54) is 12.1 Å². The maximum absolute atomic E-state index is 12.8. The fourth-order valence-corrected chi connectivity index (χ4v) is 4.99. The molecule has 4 aromatic rings. The highest BCUT2D eigenvalue weighted by molar-refractivity contribution is 7.90. The van der Waals surface area contributed by atoms with Crippen LogP contribution < -0.4 is 5.32 Å². The highest BCUT2D eigenvalue weighted by atomic mass is 32.2. The minimum atomic E-state index is -3.32. The number of thiazole rings is 1. The lowest BCUT2D eigenvalue weighted by Crippen LogP contribution is -2.14. The van der Waals surface area contributed by atoms with Crippen molar-refractivity contribution in [1.82, 2.24) is 4.98 Å². The van der Waals surface area contributed by atoms with Gasteiger partial charge in [-0.1, -0.05) is 36.4 Å². The molecule has 0 bridgehead atoms. The van der Waals surface area contributed by atoms with Crippen molar-refractivity contribution in [2.24, 2.45) is 0 Å². The molecule has 1 heterocycles. The second kappa shape index (κ2) is 8.68. The van der Waals surface area contributed by atoms with Crippen molar-refractivity contribution in [2.45, 2.75) is 18.7 Å². The second-order valence-electron chi connectivity index (χ2n) is 7.64. The van der Waals surface area contributed by atoms with Gasteiger partial charge in [0.2, 0.25) is 0 Å². The van der Waals surface area contributed by atoms with E-state index in [4.69, 9.17) is 4.98 Å². The summed E-state index contributed by atoms with van der Waals surface area (Å²) in [6.07, 6.45) is 1.15. The van der Waals surface area contributed by atoms with Crippen LogP contribution in [0.2, 0.25) is 0 Å². The fourth-order valence-electron chi connectivity index (χ4n) is 3.46. The Labute approximate surface area is 191 Å². The SMILES string of the molecule is Cc1cc(S(C)(=O)=O)ccc1C(=O)Nc1ccc(-c2csc(-c3ccccc3)n2)c(C)c1. The molecule has 0 atom stereocenters. The first kappa shape index (κ1) is 21.9. The predicted octanol–water partition coefficient (Wildman–Crippen LogP) is 5.75. The lowest BCUT2D eigenvalue weighted by Gasteiger charge is -2.11. The number of hydrogen-bond donors (Lipinski definition) is 1. The Hall–Kier alpha value is -3.29. The van der Waals surface area contributed by atoms with Crippen LogP contribution in [0.5, 0.6) is 0 Å². The highest BCUT2D eigenvalue weighted by Gasteiger charge is 2.15. The molecule has 0 fully saturated rings. The quantitative estimate of drug-likeness (QED) is 0.410. The first-order valence-corrected chi connectivity index (χ1v) is 12.7. The van der Waals surface area contributed by atoms with Gasteiger partial charge >= 0.3 is 0 Å². The van der Waals surface area contributed by atoms with Gasteiger partial charge in [0.1, 0.15) is 5.01 Å². The molecule has 0 aliphatic heterocycles. The van der Waals surface area contributed by atoms with Gasteiger partial charge < -0.3 is 5.32 Å². The number of benzene rings is 3. The van der Waals surface area contributed by atoms with Crippen LogP contribution in [-0.4, -0.2) is 25.6 Å². The summed E-state index contributed by atoms with van der Waals surface area (Å²) in [6.45, 7) is 3.71. The van der Waals surface area contributed by atoms with Crippen molar-refractivity contribution >= 4 is 32.8 Å². The third kappa shape index (κ3) is 4.64. The van der Waals surface area contributed by atoms with E-state index >= 15 is 0 Å². The lowest BCUT2D eigenvalue weighted by molar-refractivity contribution is 0.102. The molecule has 162 valence electrons. The van der Waals surface area contributed by atoms with Gasteiger partial charge in [0.25, 0.3) is 5.91 Å². The zero-order chi connectivity index (χ0) is 22.9. The van der Waals surface area contributed by atoms with Crippen LogP contribution in [0.1, 0.15) is 21.5 Å². The molecule has 4 rings (SSSR count). The standard InChI is InChI=1S/C25H22N2O3S2/c1-16-13-19(26-24(28)22-12-10-20(14-17(22)2)32(3,29)30)9-11-21(16)23-15-31-25(27-23)18-7-5-4-6-8-18/h4-15H,1-3H3,(H,26,28). The number of carbonyl (C=O) groups is 1. The van der Waals surface area contributed by atoms with E-state index in [0.717, 1.165) is 33.6 Å². The van der Waals surface area contributed by atoms with Gasteiger partial charge in [0, 0.05) is 34.0 Å². The van der Waals surface area contributed by atoms with E-state index in [-0.39, 0.29) is 10.8 Å². The number of amides is 1. The number of sulfone groups is 1. The molecule has 32 heavy (non-hydrogen) atoms. The van der Waals surface area contributed by atoms with Gasteiger partial charge in [-0.15, -0.1) is 11.3 Å². The number of aromatic nitrogens is 1. The Morgan fingerprint density at radius 1 is 0.938 bits per heavy atom. The van der Waals surface area contributed by atoms with Crippen molar-refractivity contribution in [1.29, 1.82) is 0 Å².